The van der Waals surface area contributed by atoms with Crippen LogP contribution in [-0.2, 0) is 14.9 Å². The van der Waals surface area contributed by atoms with E-state index in [1.165, 1.54) is 29.8 Å². The number of sulfonamides is 1. The molecule has 7 nitrogen and oxygen atoms in total. The van der Waals surface area contributed by atoms with Gasteiger partial charge in [-0.3, -0.25) is 14.6 Å². The highest BCUT2D eigenvalue weighted by Crippen LogP contribution is 2.27. The van der Waals surface area contributed by atoms with Gasteiger partial charge in [0.05, 0.1) is 12.0 Å². The first kappa shape index (κ1) is 19.3. The minimum absolute atomic E-state index is 0.0848. The van der Waals surface area contributed by atoms with Gasteiger partial charge in [-0.05, 0) is 25.5 Å². The second-order valence-electron chi connectivity index (χ2n) is 4.76. The van der Waals surface area contributed by atoms with Crippen molar-refractivity contribution in [2.75, 3.05) is 20.2 Å². The summed E-state index contributed by atoms with van der Waals surface area (Å²) in [5.74, 6) is -0.538. The van der Waals surface area contributed by atoms with E-state index in [1.807, 2.05) is 0 Å². The molecule has 1 N–H and O–H groups in total. The van der Waals surface area contributed by atoms with Gasteiger partial charge in [0, 0.05) is 24.8 Å². The number of carbonyl (C=O) groups excluding carboxylic acids is 1. The highest BCUT2D eigenvalue weighted by molar-refractivity contribution is 7.98. The molecule has 1 aromatic heterocycles. The molecule has 0 spiro atoms. The van der Waals surface area contributed by atoms with Crippen molar-refractivity contribution in [2.45, 2.75) is 27.7 Å². The number of hydrogen-bond acceptors (Lipinski definition) is 5. The lowest BCUT2D eigenvalue weighted by Crippen LogP contribution is -2.31. The van der Waals surface area contributed by atoms with Crippen molar-refractivity contribution in [3.63, 3.8) is 0 Å². The lowest BCUT2D eigenvalue weighted by molar-refractivity contribution is 0.0532. The van der Waals surface area contributed by atoms with Crippen LogP contribution in [0.15, 0.2) is 18.3 Å². The highest BCUT2D eigenvalue weighted by Gasteiger charge is 2.27. The van der Waals surface area contributed by atoms with Gasteiger partial charge in [-0.2, -0.15) is 4.31 Å². The SMILES string of the molecule is C/C=C(\c1cc(C(=O)NOC)ncc1C)S(=O)(=O)N(CC)CC. The summed E-state index contributed by atoms with van der Waals surface area (Å²) < 4.78 is 27.0. The third-order valence-corrected chi connectivity index (χ3v) is 5.59. The minimum Gasteiger partial charge on any atom is -0.277 e. The zero-order chi connectivity index (χ0) is 17.6. The van der Waals surface area contributed by atoms with Gasteiger partial charge in [-0.1, -0.05) is 19.9 Å². The van der Waals surface area contributed by atoms with Gasteiger partial charge >= 0.3 is 0 Å². The molecule has 23 heavy (non-hydrogen) atoms. The Morgan fingerprint density at radius 1 is 1.39 bits per heavy atom. The second-order valence-corrected chi connectivity index (χ2v) is 6.67. The average molecular weight is 341 g/mol. The Morgan fingerprint density at radius 2 is 2.00 bits per heavy atom. The van der Waals surface area contributed by atoms with Gasteiger partial charge < -0.3 is 0 Å². The van der Waals surface area contributed by atoms with Gasteiger partial charge in [0.1, 0.15) is 5.69 Å². The Balaban J connectivity index is 3.42. The Morgan fingerprint density at radius 3 is 2.48 bits per heavy atom. The van der Waals surface area contributed by atoms with Crippen LogP contribution in [0.4, 0.5) is 0 Å². The van der Waals surface area contributed by atoms with E-state index >= 15 is 0 Å². The Labute approximate surface area is 137 Å². The first-order chi connectivity index (χ1) is 10.8. The molecule has 0 aliphatic rings. The maximum absolute atomic E-state index is 12.8. The topological polar surface area (TPSA) is 88.6 Å². The maximum Gasteiger partial charge on any atom is 0.293 e. The molecule has 1 amide bonds. The molecular weight excluding hydrogens is 318 g/mol. The summed E-state index contributed by atoms with van der Waals surface area (Å²) in [5.41, 5.74) is 3.38. The van der Waals surface area contributed by atoms with Gasteiger partial charge in [0.2, 0.25) is 10.0 Å². The maximum atomic E-state index is 12.8. The molecule has 0 aliphatic carbocycles. The number of allylic oxidation sites excluding steroid dienone is 1. The molecule has 1 aromatic rings. The third-order valence-electron chi connectivity index (χ3n) is 3.38. The largest absolute Gasteiger partial charge is 0.293 e. The number of aryl methyl sites for hydroxylation is 1. The predicted molar refractivity (Wildman–Crippen MR) is 88.9 cm³/mol. The fourth-order valence-electron chi connectivity index (χ4n) is 2.20. The monoisotopic (exact) mass is 341 g/mol. The molecule has 0 bridgehead atoms. The summed E-state index contributed by atoms with van der Waals surface area (Å²) in [4.78, 5) is 20.6. The summed E-state index contributed by atoms with van der Waals surface area (Å²) >= 11 is 0. The van der Waals surface area contributed by atoms with Crippen molar-refractivity contribution < 1.29 is 18.0 Å². The van der Waals surface area contributed by atoms with E-state index in [-0.39, 0.29) is 10.6 Å². The van der Waals surface area contributed by atoms with E-state index in [9.17, 15) is 13.2 Å². The van der Waals surface area contributed by atoms with Crippen LogP contribution in [0, 0.1) is 6.92 Å². The molecular formula is C15H23N3O4S. The third kappa shape index (κ3) is 4.15. The standard InChI is InChI=1S/C15H23N3O4S/c1-6-14(23(20,21)18(7-2)8-3)12-9-13(15(19)17-22-5)16-10-11(12)4/h6,9-10H,7-8H2,1-5H3,(H,17,19)/b14-6+. The summed E-state index contributed by atoms with van der Waals surface area (Å²) in [6, 6.07) is 1.46. The molecule has 0 radical (unpaired) electrons. The van der Waals surface area contributed by atoms with E-state index in [1.54, 1.807) is 27.7 Å². The molecule has 0 fully saturated rings. The van der Waals surface area contributed by atoms with Gasteiger partial charge in [0.25, 0.3) is 5.91 Å². The van der Waals surface area contributed by atoms with Crippen molar-refractivity contribution >= 4 is 20.8 Å². The van der Waals surface area contributed by atoms with Crippen molar-refractivity contribution in [3.05, 3.63) is 35.2 Å². The second kappa shape index (κ2) is 8.19. The molecule has 1 rings (SSSR count). The summed E-state index contributed by atoms with van der Waals surface area (Å²) in [6.07, 6.45) is 3.01. The fourth-order valence-corrected chi connectivity index (χ4v) is 3.96. The zero-order valence-corrected chi connectivity index (χ0v) is 14.9. The Hall–Kier alpha value is -1.77. The first-order valence-corrected chi connectivity index (χ1v) is 8.74. The first-order valence-electron chi connectivity index (χ1n) is 7.30. The van der Waals surface area contributed by atoms with Crippen molar-refractivity contribution in [2.24, 2.45) is 0 Å². The molecule has 0 unspecified atom stereocenters. The van der Waals surface area contributed by atoms with Crippen molar-refractivity contribution in [3.8, 4) is 0 Å². The minimum atomic E-state index is -3.64. The normalized spacial score (nSPS) is 12.5. The molecule has 1 heterocycles. The number of hydrogen-bond donors (Lipinski definition) is 1. The fraction of sp³-hybridized carbons (Fsp3) is 0.467. The van der Waals surface area contributed by atoms with Crippen LogP contribution in [0.25, 0.3) is 4.91 Å². The number of hydroxylamine groups is 1. The predicted octanol–water partition coefficient (Wildman–Crippen LogP) is 1.71. The number of aromatic nitrogens is 1. The van der Waals surface area contributed by atoms with E-state index in [0.717, 1.165) is 0 Å². The molecule has 0 saturated carbocycles. The lowest BCUT2D eigenvalue weighted by Gasteiger charge is -2.21. The lowest BCUT2D eigenvalue weighted by atomic mass is 10.1. The quantitative estimate of drug-likeness (QED) is 0.763. The van der Waals surface area contributed by atoms with Crippen LogP contribution in [0.2, 0.25) is 0 Å². The smallest absolute Gasteiger partial charge is 0.277 e. The zero-order valence-electron chi connectivity index (χ0n) is 14.1. The molecule has 128 valence electrons. The number of carbonyl (C=O) groups is 1. The number of pyridine rings is 1. The number of nitrogens with zero attached hydrogens (tertiary/aromatic N) is 2. The molecule has 0 atom stereocenters. The Kier molecular flexibility index (Phi) is 6.86. The van der Waals surface area contributed by atoms with Crippen LogP contribution in [0.1, 0.15) is 42.4 Å². The van der Waals surface area contributed by atoms with Crippen LogP contribution in [0.5, 0.6) is 0 Å². The van der Waals surface area contributed by atoms with Crippen LogP contribution >= 0.6 is 0 Å². The van der Waals surface area contributed by atoms with Crippen molar-refractivity contribution in [1.82, 2.24) is 14.8 Å². The molecule has 8 heteroatoms. The van der Waals surface area contributed by atoms with E-state index in [4.69, 9.17) is 0 Å². The summed E-state index contributed by atoms with van der Waals surface area (Å²) in [7, 11) is -2.33. The van der Waals surface area contributed by atoms with Crippen LogP contribution in [-0.4, -0.2) is 43.8 Å². The summed E-state index contributed by atoms with van der Waals surface area (Å²) in [6.45, 7) is 7.72. The van der Waals surface area contributed by atoms with Crippen molar-refractivity contribution in [1.29, 1.82) is 0 Å². The molecule has 0 aliphatic heterocycles. The van der Waals surface area contributed by atoms with Crippen LogP contribution < -0.4 is 5.48 Å². The van der Waals surface area contributed by atoms with Gasteiger partial charge in [0.15, 0.2) is 0 Å². The van der Waals surface area contributed by atoms with E-state index in [0.29, 0.717) is 24.2 Å². The van der Waals surface area contributed by atoms with E-state index in [2.05, 4.69) is 15.3 Å². The molecule has 0 saturated heterocycles. The average Bonchev–Trinajstić information content (AvgIpc) is 2.50. The molecule has 0 aromatic carbocycles. The number of amides is 1. The van der Waals surface area contributed by atoms with E-state index < -0.39 is 15.9 Å². The number of nitrogens with one attached hydrogen (secondary N) is 1. The van der Waals surface area contributed by atoms with Crippen LogP contribution in [0.3, 0.4) is 0 Å². The van der Waals surface area contributed by atoms with Gasteiger partial charge in [-0.15, -0.1) is 0 Å². The number of rotatable bonds is 7. The summed E-state index contributed by atoms with van der Waals surface area (Å²) in [5, 5.41) is 0. The highest BCUT2D eigenvalue weighted by atomic mass is 32.2. The Bertz CT molecular complexity index is 695. The van der Waals surface area contributed by atoms with Gasteiger partial charge in [-0.25, -0.2) is 13.9 Å².